The maximum Gasteiger partial charge on any atom is 0.454 e. The van der Waals surface area contributed by atoms with Crippen LogP contribution >= 0.6 is 11.6 Å². The molecule has 0 aromatic heterocycles. The van der Waals surface area contributed by atoms with Gasteiger partial charge in [-0.05, 0) is 32.9 Å². The molecule has 1 aromatic carbocycles. The molecule has 0 amide bonds. The Morgan fingerprint density at radius 1 is 1.35 bits per heavy atom. The van der Waals surface area contributed by atoms with E-state index < -0.39 is 17.5 Å². The van der Waals surface area contributed by atoms with Gasteiger partial charge in [0.2, 0.25) is 0 Å². The predicted molar refractivity (Wildman–Crippen MR) is 68.8 cm³/mol. The Hall–Kier alpha value is -1.43. The smallest absolute Gasteiger partial charge is 0.454 e. The van der Waals surface area contributed by atoms with E-state index in [1.807, 2.05) is 0 Å². The van der Waals surface area contributed by atoms with Crippen LogP contribution in [0.4, 0.5) is 13.2 Å². The molecule has 0 saturated heterocycles. The molecule has 0 aliphatic carbocycles. The predicted octanol–water partition coefficient (Wildman–Crippen LogP) is 4.27. The first-order valence-electron chi connectivity index (χ1n) is 5.91. The average Bonchev–Trinajstić information content (AvgIpc) is 2.31. The topological polar surface area (TPSA) is 35.5 Å². The van der Waals surface area contributed by atoms with Gasteiger partial charge in [-0.3, -0.25) is 4.79 Å². The quantitative estimate of drug-likeness (QED) is 0.762. The lowest BCUT2D eigenvalue weighted by Gasteiger charge is -2.17. The number of carbonyl (C=O) groups excluding carboxylic acids is 1. The molecular weight excluding hydrogens is 297 g/mol. The van der Waals surface area contributed by atoms with Crippen molar-refractivity contribution in [2.24, 2.45) is 0 Å². The minimum Gasteiger partial charge on any atom is -0.490 e. The zero-order valence-electron chi connectivity index (χ0n) is 11.2. The molecule has 0 saturated carbocycles. The molecule has 0 N–H and O–H groups in total. The number of ketones is 1. The van der Waals surface area contributed by atoms with Gasteiger partial charge in [0, 0.05) is 5.56 Å². The maximum atomic E-state index is 12.4. The Morgan fingerprint density at radius 3 is 2.40 bits per heavy atom. The van der Waals surface area contributed by atoms with E-state index in [2.05, 4.69) is 0 Å². The molecule has 20 heavy (non-hydrogen) atoms. The third-order valence-electron chi connectivity index (χ3n) is 2.18. The Kier molecular flexibility index (Phi) is 5.28. The zero-order chi connectivity index (χ0) is 15.5. The monoisotopic (exact) mass is 310 g/mol. The lowest BCUT2D eigenvalue weighted by atomic mass is 10.1. The molecule has 7 heteroatoms. The van der Waals surface area contributed by atoms with Crippen LogP contribution in [0, 0.1) is 0 Å². The maximum absolute atomic E-state index is 12.4. The van der Waals surface area contributed by atoms with Gasteiger partial charge in [0.05, 0.1) is 17.7 Å². The fourth-order valence-electron chi connectivity index (χ4n) is 1.48. The van der Waals surface area contributed by atoms with Crippen molar-refractivity contribution in [3.05, 3.63) is 22.7 Å². The summed E-state index contributed by atoms with van der Waals surface area (Å²) in [6.07, 6.45) is -5.20. The molecule has 0 aliphatic rings. The van der Waals surface area contributed by atoms with Crippen LogP contribution in [-0.4, -0.2) is 24.7 Å². The van der Waals surface area contributed by atoms with Gasteiger partial charge in [0.1, 0.15) is 0 Å². The first-order valence-corrected chi connectivity index (χ1v) is 6.29. The third-order valence-corrected chi connectivity index (χ3v) is 2.46. The van der Waals surface area contributed by atoms with Gasteiger partial charge in [-0.25, -0.2) is 0 Å². The summed E-state index contributed by atoms with van der Waals surface area (Å²) in [6.45, 7) is 5.33. The Morgan fingerprint density at radius 2 is 1.95 bits per heavy atom. The number of ether oxygens (including phenoxy) is 2. The summed E-state index contributed by atoms with van der Waals surface area (Å²) in [5.41, 5.74) is -0.581. The first-order chi connectivity index (χ1) is 9.16. The molecular formula is C13H14ClF3O3. The standard InChI is InChI=1S/C13H14ClF3O3/c1-4-19-10-6-8(12(18)13(15,16)17)5-9(14)11(10)20-7(2)3/h5-7H,4H2,1-3H3. The minimum atomic E-state index is -4.97. The molecule has 0 fully saturated rings. The van der Waals surface area contributed by atoms with Gasteiger partial charge in [-0.1, -0.05) is 11.6 Å². The minimum absolute atomic E-state index is 0.0151. The van der Waals surface area contributed by atoms with Gasteiger partial charge in [0.15, 0.2) is 11.5 Å². The lowest BCUT2D eigenvalue weighted by molar-refractivity contribution is -0.0885. The molecule has 3 nitrogen and oxygen atoms in total. The van der Waals surface area contributed by atoms with Crippen molar-refractivity contribution in [2.75, 3.05) is 6.61 Å². The zero-order valence-corrected chi connectivity index (χ0v) is 11.9. The van der Waals surface area contributed by atoms with Gasteiger partial charge < -0.3 is 9.47 Å². The van der Waals surface area contributed by atoms with Gasteiger partial charge in [-0.15, -0.1) is 0 Å². The van der Waals surface area contributed by atoms with Crippen molar-refractivity contribution < 1.29 is 27.4 Å². The highest BCUT2D eigenvalue weighted by Gasteiger charge is 2.40. The highest BCUT2D eigenvalue weighted by Crippen LogP contribution is 2.38. The molecule has 0 radical (unpaired) electrons. The second-order valence-corrected chi connectivity index (χ2v) is 4.62. The number of alkyl halides is 3. The molecule has 0 unspecified atom stereocenters. The fraction of sp³-hybridized carbons (Fsp3) is 0.462. The lowest BCUT2D eigenvalue weighted by Crippen LogP contribution is -2.23. The highest BCUT2D eigenvalue weighted by molar-refractivity contribution is 6.32. The number of hydrogen-bond donors (Lipinski definition) is 0. The van der Waals surface area contributed by atoms with Crippen molar-refractivity contribution in [2.45, 2.75) is 33.1 Å². The molecule has 0 heterocycles. The second kappa shape index (κ2) is 6.35. The second-order valence-electron chi connectivity index (χ2n) is 4.21. The van der Waals surface area contributed by atoms with Crippen molar-refractivity contribution in [3.8, 4) is 11.5 Å². The Bertz CT molecular complexity index is 498. The molecule has 1 aromatic rings. The first kappa shape index (κ1) is 16.6. The Labute approximate surface area is 119 Å². The molecule has 0 spiro atoms. The summed E-state index contributed by atoms with van der Waals surface area (Å²) in [5.74, 6) is -1.83. The average molecular weight is 311 g/mol. The third kappa shape index (κ3) is 4.03. The van der Waals surface area contributed by atoms with Gasteiger partial charge in [0.25, 0.3) is 5.78 Å². The fourth-order valence-corrected chi connectivity index (χ4v) is 1.73. The van der Waals surface area contributed by atoms with Crippen LogP contribution in [-0.2, 0) is 0 Å². The SMILES string of the molecule is CCOc1cc(C(=O)C(F)(F)F)cc(Cl)c1OC(C)C. The summed E-state index contributed by atoms with van der Waals surface area (Å²) in [4.78, 5) is 11.2. The van der Waals surface area contributed by atoms with E-state index in [0.29, 0.717) is 0 Å². The Balaban J connectivity index is 3.29. The van der Waals surface area contributed by atoms with E-state index in [9.17, 15) is 18.0 Å². The molecule has 0 bridgehead atoms. The van der Waals surface area contributed by atoms with Crippen LogP contribution in [0.25, 0.3) is 0 Å². The van der Waals surface area contributed by atoms with Crippen molar-refractivity contribution in [1.82, 2.24) is 0 Å². The number of benzene rings is 1. The van der Waals surface area contributed by atoms with Crippen molar-refractivity contribution in [1.29, 1.82) is 0 Å². The largest absolute Gasteiger partial charge is 0.490 e. The summed E-state index contributed by atoms with van der Waals surface area (Å²) in [6, 6.07) is 1.92. The van der Waals surface area contributed by atoms with Crippen LogP contribution in [0.1, 0.15) is 31.1 Å². The normalized spacial score (nSPS) is 11.6. The number of Topliss-reactive ketones (excluding diaryl/α,β-unsaturated/α-hetero) is 1. The van der Waals surface area contributed by atoms with Crippen LogP contribution in [0.15, 0.2) is 12.1 Å². The number of halogens is 4. The number of carbonyl (C=O) groups is 1. The van der Waals surface area contributed by atoms with E-state index in [1.165, 1.54) is 0 Å². The van der Waals surface area contributed by atoms with E-state index in [-0.39, 0.29) is 29.2 Å². The van der Waals surface area contributed by atoms with Crippen LogP contribution in [0.3, 0.4) is 0 Å². The van der Waals surface area contributed by atoms with Crippen molar-refractivity contribution in [3.63, 3.8) is 0 Å². The van der Waals surface area contributed by atoms with Gasteiger partial charge in [-0.2, -0.15) is 13.2 Å². The molecule has 0 atom stereocenters. The summed E-state index contributed by atoms with van der Waals surface area (Å²) >= 11 is 5.88. The summed E-state index contributed by atoms with van der Waals surface area (Å²) in [7, 11) is 0. The number of hydrogen-bond acceptors (Lipinski definition) is 3. The summed E-state index contributed by atoms with van der Waals surface area (Å²) < 4.78 is 47.9. The van der Waals surface area contributed by atoms with E-state index >= 15 is 0 Å². The van der Waals surface area contributed by atoms with Gasteiger partial charge >= 0.3 is 6.18 Å². The van der Waals surface area contributed by atoms with E-state index in [0.717, 1.165) is 12.1 Å². The van der Waals surface area contributed by atoms with Crippen LogP contribution < -0.4 is 9.47 Å². The van der Waals surface area contributed by atoms with Crippen LogP contribution in [0.2, 0.25) is 5.02 Å². The molecule has 0 aliphatic heterocycles. The van der Waals surface area contributed by atoms with E-state index in [4.69, 9.17) is 21.1 Å². The van der Waals surface area contributed by atoms with Crippen LogP contribution in [0.5, 0.6) is 11.5 Å². The molecule has 112 valence electrons. The highest BCUT2D eigenvalue weighted by atomic mass is 35.5. The number of rotatable bonds is 5. The van der Waals surface area contributed by atoms with E-state index in [1.54, 1.807) is 20.8 Å². The van der Waals surface area contributed by atoms with Crippen molar-refractivity contribution >= 4 is 17.4 Å². The summed E-state index contributed by atoms with van der Waals surface area (Å²) in [5, 5.41) is -0.0998. The molecule has 1 rings (SSSR count).